The molecule has 0 saturated heterocycles. The van der Waals surface area contributed by atoms with Crippen molar-refractivity contribution >= 4 is 39.7 Å². The lowest BCUT2D eigenvalue weighted by Crippen LogP contribution is -2.31. The summed E-state index contributed by atoms with van der Waals surface area (Å²) >= 11 is 0. The van der Waals surface area contributed by atoms with Crippen LogP contribution in [0, 0.1) is 0 Å². The molecule has 4 aromatic rings. The molecule has 138 valence electrons. The standard InChI is InChI=1S/C20H17N7O/c21-17-18(25-15-10-5-7-13-6-1-2-8-14(13)15)23-12-24-19(17)26-27-20(28)16-9-3-4-11-22-16/h1-12H,21H2,(H,27,28)(H2,23,24,25,26). The molecular weight excluding hydrogens is 354 g/mol. The van der Waals surface area contributed by atoms with E-state index in [1.165, 1.54) is 6.33 Å². The quantitative estimate of drug-likeness (QED) is 0.398. The van der Waals surface area contributed by atoms with Crippen LogP contribution in [-0.2, 0) is 0 Å². The maximum Gasteiger partial charge on any atom is 0.288 e. The third kappa shape index (κ3) is 3.51. The van der Waals surface area contributed by atoms with Crippen LogP contribution in [0.5, 0.6) is 0 Å². The molecule has 1 amide bonds. The Balaban J connectivity index is 1.54. The molecule has 0 atom stereocenters. The predicted molar refractivity (Wildman–Crippen MR) is 109 cm³/mol. The van der Waals surface area contributed by atoms with Gasteiger partial charge in [0.2, 0.25) is 0 Å². The first-order chi connectivity index (χ1) is 13.7. The molecule has 0 radical (unpaired) electrons. The van der Waals surface area contributed by atoms with Crippen LogP contribution >= 0.6 is 0 Å². The lowest BCUT2D eigenvalue weighted by molar-refractivity contribution is 0.0957. The zero-order chi connectivity index (χ0) is 19.3. The van der Waals surface area contributed by atoms with Crippen molar-refractivity contribution in [3.63, 3.8) is 0 Å². The number of carbonyl (C=O) groups is 1. The lowest BCUT2D eigenvalue weighted by Gasteiger charge is -2.14. The highest BCUT2D eigenvalue weighted by molar-refractivity contribution is 5.96. The number of pyridine rings is 1. The Bertz CT molecular complexity index is 1130. The van der Waals surface area contributed by atoms with E-state index >= 15 is 0 Å². The fraction of sp³-hybridized carbons (Fsp3) is 0. The number of nitrogens with zero attached hydrogens (tertiary/aromatic N) is 3. The number of hydrogen-bond donors (Lipinski definition) is 4. The number of hydrogen-bond acceptors (Lipinski definition) is 7. The molecule has 0 unspecified atom stereocenters. The number of anilines is 4. The molecular formula is C20H17N7O. The normalized spacial score (nSPS) is 10.4. The van der Waals surface area contributed by atoms with Gasteiger partial charge in [-0.15, -0.1) is 0 Å². The molecule has 8 nitrogen and oxygen atoms in total. The van der Waals surface area contributed by atoms with Crippen LogP contribution in [0.25, 0.3) is 10.8 Å². The summed E-state index contributed by atoms with van der Waals surface area (Å²) in [6.45, 7) is 0. The van der Waals surface area contributed by atoms with Gasteiger partial charge in [0.15, 0.2) is 11.6 Å². The van der Waals surface area contributed by atoms with Gasteiger partial charge in [0.1, 0.15) is 17.7 Å². The summed E-state index contributed by atoms with van der Waals surface area (Å²) in [6, 6.07) is 19.0. The van der Waals surface area contributed by atoms with Crippen LogP contribution in [0.15, 0.2) is 73.2 Å². The molecule has 28 heavy (non-hydrogen) atoms. The van der Waals surface area contributed by atoms with Gasteiger partial charge < -0.3 is 11.1 Å². The van der Waals surface area contributed by atoms with Gasteiger partial charge in [0, 0.05) is 17.3 Å². The van der Waals surface area contributed by atoms with Crippen molar-refractivity contribution in [2.24, 2.45) is 0 Å². The Kier molecular flexibility index (Phi) is 4.67. The molecule has 0 spiro atoms. The number of aromatic nitrogens is 3. The maximum atomic E-state index is 12.1. The van der Waals surface area contributed by atoms with Gasteiger partial charge in [0.05, 0.1) is 0 Å². The van der Waals surface area contributed by atoms with E-state index in [0.29, 0.717) is 5.82 Å². The number of carbonyl (C=O) groups excluding carboxylic acids is 1. The molecule has 2 aromatic carbocycles. The number of nitrogens with one attached hydrogen (secondary N) is 3. The smallest absolute Gasteiger partial charge is 0.288 e. The van der Waals surface area contributed by atoms with Gasteiger partial charge in [-0.05, 0) is 23.6 Å². The Morgan fingerprint density at radius 2 is 1.64 bits per heavy atom. The van der Waals surface area contributed by atoms with Crippen LogP contribution in [0.2, 0.25) is 0 Å². The number of fused-ring (bicyclic) bond motifs is 1. The van der Waals surface area contributed by atoms with E-state index in [4.69, 9.17) is 5.73 Å². The van der Waals surface area contributed by atoms with Gasteiger partial charge >= 0.3 is 0 Å². The zero-order valence-electron chi connectivity index (χ0n) is 14.8. The number of hydrazine groups is 1. The SMILES string of the molecule is Nc1c(NNC(=O)c2ccccn2)ncnc1Nc1cccc2ccccc12. The predicted octanol–water partition coefficient (Wildman–Crippen LogP) is 3.11. The third-order valence-corrected chi connectivity index (χ3v) is 4.12. The summed E-state index contributed by atoms with van der Waals surface area (Å²) in [5.74, 6) is 0.310. The third-order valence-electron chi connectivity index (χ3n) is 4.12. The Morgan fingerprint density at radius 3 is 2.50 bits per heavy atom. The van der Waals surface area contributed by atoms with Crippen molar-refractivity contribution in [2.45, 2.75) is 0 Å². The molecule has 5 N–H and O–H groups in total. The van der Waals surface area contributed by atoms with Gasteiger partial charge in [-0.1, -0.05) is 42.5 Å². The first-order valence-electron chi connectivity index (χ1n) is 8.55. The summed E-state index contributed by atoms with van der Waals surface area (Å²) in [6.07, 6.45) is 2.90. The average molecular weight is 371 g/mol. The second-order valence-corrected chi connectivity index (χ2v) is 5.93. The van der Waals surface area contributed by atoms with E-state index in [0.717, 1.165) is 16.5 Å². The minimum absolute atomic E-state index is 0.275. The average Bonchev–Trinajstić information content (AvgIpc) is 2.75. The molecule has 0 bridgehead atoms. The Morgan fingerprint density at radius 1 is 0.857 bits per heavy atom. The summed E-state index contributed by atoms with van der Waals surface area (Å²) < 4.78 is 0. The second kappa shape index (κ2) is 7.58. The van der Waals surface area contributed by atoms with Gasteiger partial charge in [-0.25, -0.2) is 9.97 Å². The number of nitrogen functional groups attached to an aromatic ring is 1. The van der Waals surface area contributed by atoms with Crippen LogP contribution < -0.4 is 21.9 Å². The van der Waals surface area contributed by atoms with Gasteiger partial charge in [0.25, 0.3) is 5.91 Å². The van der Waals surface area contributed by atoms with E-state index in [2.05, 4.69) is 31.1 Å². The van der Waals surface area contributed by atoms with E-state index in [9.17, 15) is 4.79 Å². The summed E-state index contributed by atoms with van der Waals surface area (Å²) in [7, 11) is 0. The van der Waals surface area contributed by atoms with Gasteiger partial charge in [-0.2, -0.15) is 0 Å². The molecule has 0 aliphatic carbocycles. The molecule has 2 aromatic heterocycles. The molecule has 8 heteroatoms. The first-order valence-corrected chi connectivity index (χ1v) is 8.55. The van der Waals surface area contributed by atoms with Crippen LogP contribution in [0.1, 0.15) is 10.5 Å². The molecule has 0 aliphatic heterocycles. The molecule has 4 rings (SSSR count). The largest absolute Gasteiger partial charge is 0.393 e. The van der Waals surface area contributed by atoms with Crippen molar-refractivity contribution in [3.8, 4) is 0 Å². The van der Waals surface area contributed by atoms with Crippen molar-refractivity contribution in [1.82, 2.24) is 20.4 Å². The highest BCUT2D eigenvalue weighted by atomic mass is 16.2. The van der Waals surface area contributed by atoms with E-state index in [1.54, 1.807) is 24.4 Å². The van der Waals surface area contributed by atoms with E-state index in [-0.39, 0.29) is 17.2 Å². The molecule has 2 heterocycles. The van der Waals surface area contributed by atoms with E-state index in [1.807, 2.05) is 42.5 Å². The first kappa shape index (κ1) is 17.2. The lowest BCUT2D eigenvalue weighted by atomic mass is 10.1. The number of nitrogens with two attached hydrogens (primary N) is 1. The fourth-order valence-corrected chi connectivity index (χ4v) is 2.73. The molecule has 0 fully saturated rings. The van der Waals surface area contributed by atoms with Gasteiger partial charge in [-0.3, -0.25) is 20.6 Å². The zero-order valence-corrected chi connectivity index (χ0v) is 14.8. The van der Waals surface area contributed by atoms with Crippen LogP contribution in [0.3, 0.4) is 0 Å². The summed E-state index contributed by atoms with van der Waals surface area (Å²) in [4.78, 5) is 24.4. The number of rotatable bonds is 5. The molecule has 0 saturated carbocycles. The maximum absolute atomic E-state index is 12.1. The molecule has 0 aliphatic rings. The highest BCUT2D eigenvalue weighted by Gasteiger charge is 2.11. The Hall–Kier alpha value is -4.20. The number of amides is 1. The van der Waals surface area contributed by atoms with Crippen molar-refractivity contribution < 1.29 is 4.79 Å². The number of benzene rings is 2. The fourth-order valence-electron chi connectivity index (χ4n) is 2.73. The monoisotopic (exact) mass is 371 g/mol. The Labute approximate surface area is 160 Å². The van der Waals surface area contributed by atoms with Crippen molar-refractivity contribution in [3.05, 3.63) is 78.9 Å². The summed E-state index contributed by atoms with van der Waals surface area (Å²) in [5, 5.41) is 5.37. The van der Waals surface area contributed by atoms with Crippen LogP contribution in [-0.4, -0.2) is 20.9 Å². The summed E-state index contributed by atoms with van der Waals surface area (Å²) in [5.41, 5.74) is 12.8. The highest BCUT2D eigenvalue weighted by Crippen LogP contribution is 2.29. The van der Waals surface area contributed by atoms with Crippen LogP contribution in [0.4, 0.5) is 23.0 Å². The topological polar surface area (TPSA) is 118 Å². The van der Waals surface area contributed by atoms with E-state index < -0.39 is 5.91 Å². The minimum Gasteiger partial charge on any atom is -0.393 e. The second-order valence-electron chi connectivity index (χ2n) is 5.93. The van der Waals surface area contributed by atoms with Crippen molar-refractivity contribution in [2.75, 3.05) is 16.5 Å². The van der Waals surface area contributed by atoms with Crippen molar-refractivity contribution in [1.29, 1.82) is 0 Å². The minimum atomic E-state index is -0.401.